The second-order valence-corrected chi connectivity index (χ2v) is 8.30. The number of ether oxygens (including phenoxy) is 1. The molecule has 156 valence electrons. The molecule has 7 heteroatoms. The fourth-order valence-corrected chi connectivity index (χ4v) is 3.31. The van der Waals surface area contributed by atoms with Crippen molar-refractivity contribution in [3.8, 4) is 5.75 Å². The summed E-state index contributed by atoms with van der Waals surface area (Å²) in [5, 5.41) is 6.02. The molecule has 2 rings (SSSR count). The molecular formula is C22H28BrN3O2S. The summed E-state index contributed by atoms with van der Waals surface area (Å²) in [6.07, 6.45) is 0. The topological polar surface area (TPSA) is 53.6 Å². The van der Waals surface area contributed by atoms with E-state index in [2.05, 4.69) is 59.2 Å². The third-order valence-corrected chi connectivity index (χ3v) is 4.94. The van der Waals surface area contributed by atoms with Crippen molar-refractivity contribution in [3.05, 3.63) is 52.5 Å². The van der Waals surface area contributed by atoms with Crippen LogP contribution >= 0.6 is 28.1 Å². The average Bonchev–Trinajstić information content (AvgIpc) is 2.69. The Morgan fingerprint density at radius 3 is 2.38 bits per heavy atom. The number of anilines is 2. The molecule has 0 aliphatic heterocycles. The minimum absolute atomic E-state index is 0.236. The Hall–Kier alpha value is -2.12. The van der Waals surface area contributed by atoms with E-state index in [4.69, 9.17) is 17.0 Å². The van der Waals surface area contributed by atoms with Gasteiger partial charge in [0, 0.05) is 28.9 Å². The first kappa shape index (κ1) is 23.2. The third kappa shape index (κ3) is 7.01. The molecule has 0 unspecified atom stereocenters. The zero-order valence-electron chi connectivity index (χ0n) is 17.3. The molecule has 0 bridgehead atoms. The van der Waals surface area contributed by atoms with E-state index >= 15 is 0 Å². The minimum Gasteiger partial charge on any atom is -0.492 e. The molecule has 0 saturated carbocycles. The average molecular weight is 478 g/mol. The predicted molar refractivity (Wildman–Crippen MR) is 128 cm³/mol. The van der Waals surface area contributed by atoms with Crippen molar-refractivity contribution in [2.75, 3.05) is 29.9 Å². The summed E-state index contributed by atoms with van der Waals surface area (Å²) in [5.41, 5.74) is 2.40. The van der Waals surface area contributed by atoms with Gasteiger partial charge in [0.1, 0.15) is 5.75 Å². The largest absolute Gasteiger partial charge is 0.492 e. The molecular weight excluding hydrogens is 450 g/mol. The minimum atomic E-state index is -0.317. The van der Waals surface area contributed by atoms with Gasteiger partial charge in [-0.25, -0.2) is 0 Å². The van der Waals surface area contributed by atoms with Gasteiger partial charge in [0.25, 0.3) is 5.91 Å². The van der Waals surface area contributed by atoms with Crippen molar-refractivity contribution >= 4 is 50.5 Å². The van der Waals surface area contributed by atoms with Crippen molar-refractivity contribution in [3.63, 3.8) is 0 Å². The highest BCUT2D eigenvalue weighted by Crippen LogP contribution is 2.24. The van der Waals surface area contributed by atoms with E-state index in [-0.39, 0.29) is 11.0 Å². The Bertz CT molecular complexity index is 836. The Morgan fingerprint density at radius 2 is 1.79 bits per heavy atom. The molecule has 0 radical (unpaired) electrons. The Kier molecular flexibility index (Phi) is 8.92. The van der Waals surface area contributed by atoms with E-state index in [0.717, 1.165) is 28.9 Å². The summed E-state index contributed by atoms with van der Waals surface area (Å²) in [7, 11) is 0. The molecule has 0 aliphatic carbocycles. The van der Waals surface area contributed by atoms with Gasteiger partial charge < -0.3 is 15.0 Å². The number of hydrogen-bond donors (Lipinski definition) is 2. The van der Waals surface area contributed by atoms with Crippen molar-refractivity contribution in [1.82, 2.24) is 5.32 Å². The quantitative estimate of drug-likeness (QED) is 0.494. The normalized spacial score (nSPS) is 10.6. The fourth-order valence-electron chi connectivity index (χ4n) is 2.74. The molecule has 2 aromatic carbocycles. The van der Waals surface area contributed by atoms with Gasteiger partial charge in [-0.1, -0.05) is 29.8 Å². The van der Waals surface area contributed by atoms with Crippen LogP contribution in [-0.2, 0) is 0 Å². The smallest absolute Gasteiger partial charge is 0.261 e. The van der Waals surface area contributed by atoms with Gasteiger partial charge in [0.15, 0.2) is 5.11 Å². The number of nitrogens with one attached hydrogen (secondary N) is 2. The van der Waals surface area contributed by atoms with Crippen molar-refractivity contribution < 1.29 is 9.53 Å². The second kappa shape index (κ2) is 11.2. The maximum atomic E-state index is 12.7. The van der Waals surface area contributed by atoms with Crippen LogP contribution in [-0.4, -0.2) is 30.7 Å². The molecule has 0 aliphatic rings. The molecule has 0 atom stereocenters. The van der Waals surface area contributed by atoms with Crippen LogP contribution in [0.2, 0.25) is 0 Å². The number of halogens is 1. The summed E-state index contributed by atoms with van der Waals surface area (Å²) < 4.78 is 6.58. The lowest BCUT2D eigenvalue weighted by molar-refractivity contribution is 0.0973. The molecule has 5 nitrogen and oxygen atoms in total. The molecule has 0 heterocycles. The second-order valence-electron chi connectivity index (χ2n) is 6.97. The van der Waals surface area contributed by atoms with Crippen LogP contribution in [0, 0.1) is 5.92 Å². The first-order valence-electron chi connectivity index (χ1n) is 9.73. The Balaban J connectivity index is 2.04. The predicted octanol–water partition coefficient (Wildman–Crippen LogP) is 5.46. The van der Waals surface area contributed by atoms with Gasteiger partial charge in [-0.2, -0.15) is 0 Å². The Morgan fingerprint density at radius 1 is 1.14 bits per heavy atom. The van der Waals surface area contributed by atoms with E-state index < -0.39 is 0 Å². The maximum absolute atomic E-state index is 12.7. The molecule has 2 aromatic rings. The molecule has 1 amide bonds. The number of hydrogen-bond acceptors (Lipinski definition) is 4. The molecule has 0 spiro atoms. The lowest BCUT2D eigenvalue weighted by atomic mass is 10.2. The molecule has 29 heavy (non-hydrogen) atoms. The summed E-state index contributed by atoms with van der Waals surface area (Å²) in [4.78, 5) is 15.0. The molecule has 0 fully saturated rings. The van der Waals surface area contributed by atoms with E-state index in [1.54, 1.807) is 12.1 Å². The van der Waals surface area contributed by atoms with Gasteiger partial charge >= 0.3 is 0 Å². The standard InChI is InChI=1S/C22H28BrN3O2S/c1-5-26(6-2)18-10-8-17(9-11-18)24-22(29)25-21(27)19-13-16(23)7-12-20(19)28-14-15(3)4/h7-13,15H,5-6,14H2,1-4H3,(H2,24,25,27,29). The number of nitrogens with zero attached hydrogens (tertiary/aromatic N) is 1. The SMILES string of the molecule is CCN(CC)c1ccc(NC(=S)NC(=O)c2cc(Br)ccc2OCC(C)C)cc1. The highest BCUT2D eigenvalue weighted by molar-refractivity contribution is 9.10. The number of rotatable bonds is 8. The van der Waals surface area contributed by atoms with Crippen molar-refractivity contribution in [2.45, 2.75) is 27.7 Å². The number of thiocarbonyl (C=S) groups is 1. The Labute approximate surface area is 186 Å². The maximum Gasteiger partial charge on any atom is 0.261 e. The van der Waals surface area contributed by atoms with Crippen LogP contribution in [0.1, 0.15) is 38.1 Å². The van der Waals surface area contributed by atoms with E-state index in [1.165, 1.54) is 0 Å². The summed E-state index contributed by atoms with van der Waals surface area (Å²) in [5.74, 6) is 0.574. The summed E-state index contributed by atoms with van der Waals surface area (Å²) >= 11 is 8.73. The first-order chi connectivity index (χ1) is 13.8. The van der Waals surface area contributed by atoms with Crippen molar-refractivity contribution in [2.24, 2.45) is 5.92 Å². The van der Waals surface area contributed by atoms with Crippen LogP contribution < -0.4 is 20.3 Å². The highest BCUT2D eigenvalue weighted by atomic mass is 79.9. The third-order valence-electron chi connectivity index (χ3n) is 4.24. The molecule has 0 saturated heterocycles. The molecule has 2 N–H and O–H groups in total. The van der Waals surface area contributed by atoms with Gasteiger partial charge in [-0.05, 0) is 74.4 Å². The molecule has 0 aromatic heterocycles. The van der Waals surface area contributed by atoms with Crippen LogP contribution in [0.5, 0.6) is 5.75 Å². The lowest BCUT2D eigenvalue weighted by Gasteiger charge is -2.21. The van der Waals surface area contributed by atoms with Gasteiger partial charge in [0.2, 0.25) is 0 Å². The van der Waals surface area contributed by atoms with Crippen LogP contribution in [0.25, 0.3) is 0 Å². The fraction of sp³-hybridized carbons (Fsp3) is 0.364. The number of amides is 1. The van der Waals surface area contributed by atoms with Crippen LogP contribution in [0.4, 0.5) is 11.4 Å². The number of carbonyl (C=O) groups excluding carboxylic acids is 1. The summed E-state index contributed by atoms with van der Waals surface area (Å²) in [6.45, 7) is 10.8. The highest BCUT2D eigenvalue weighted by Gasteiger charge is 2.15. The first-order valence-corrected chi connectivity index (χ1v) is 10.9. The van der Waals surface area contributed by atoms with Gasteiger partial charge in [-0.3, -0.25) is 10.1 Å². The van der Waals surface area contributed by atoms with Crippen LogP contribution in [0.3, 0.4) is 0 Å². The number of carbonyl (C=O) groups is 1. The van der Waals surface area contributed by atoms with E-state index in [0.29, 0.717) is 23.8 Å². The van der Waals surface area contributed by atoms with Gasteiger partial charge in [-0.15, -0.1) is 0 Å². The lowest BCUT2D eigenvalue weighted by Crippen LogP contribution is -2.34. The summed E-state index contributed by atoms with van der Waals surface area (Å²) in [6, 6.07) is 13.3. The zero-order valence-corrected chi connectivity index (χ0v) is 19.7. The monoisotopic (exact) mass is 477 g/mol. The van der Waals surface area contributed by atoms with E-state index in [9.17, 15) is 4.79 Å². The van der Waals surface area contributed by atoms with Crippen LogP contribution in [0.15, 0.2) is 46.9 Å². The van der Waals surface area contributed by atoms with Gasteiger partial charge in [0.05, 0.1) is 12.2 Å². The number of benzene rings is 2. The van der Waals surface area contributed by atoms with Crippen molar-refractivity contribution in [1.29, 1.82) is 0 Å². The van der Waals surface area contributed by atoms with E-state index in [1.807, 2.05) is 30.3 Å². The zero-order chi connectivity index (χ0) is 21.4.